The number of hydrogen-bond acceptors (Lipinski definition) is 4. The molecule has 0 aliphatic heterocycles. The van der Waals surface area contributed by atoms with Gasteiger partial charge in [-0.1, -0.05) is 6.42 Å². The van der Waals surface area contributed by atoms with Crippen molar-refractivity contribution in [3.63, 3.8) is 0 Å². The molecule has 0 bridgehead atoms. The third-order valence-corrected chi connectivity index (χ3v) is 3.75. The molecule has 21 heavy (non-hydrogen) atoms. The highest BCUT2D eigenvalue weighted by molar-refractivity contribution is 5.72. The van der Waals surface area contributed by atoms with Gasteiger partial charge >= 0.3 is 5.97 Å². The van der Waals surface area contributed by atoms with Crippen LogP contribution in [0.4, 0.5) is 10.1 Å². The molecule has 5 heteroatoms. The van der Waals surface area contributed by atoms with Crippen LogP contribution in [0, 0.1) is 23.1 Å². The Balaban J connectivity index is 1.99. The summed E-state index contributed by atoms with van der Waals surface area (Å²) in [5.74, 6) is -0.714. The number of ether oxygens (including phenoxy) is 1. The van der Waals surface area contributed by atoms with E-state index in [0.29, 0.717) is 24.3 Å². The van der Waals surface area contributed by atoms with Crippen molar-refractivity contribution in [3.05, 3.63) is 29.6 Å². The van der Waals surface area contributed by atoms with E-state index in [9.17, 15) is 9.18 Å². The summed E-state index contributed by atoms with van der Waals surface area (Å²) in [6.07, 6.45) is 3.29. The van der Waals surface area contributed by atoms with Crippen LogP contribution < -0.4 is 5.32 Å². The number of nitriles is 1. The first kappa shape index (κ1) is 15.3. The Kier molecular flexibility index (Phi) is 5.15. The summed E-state index contributed by atoms with van der Waals surface area (Å²) < 4.78 is 18.9. The maximum Gasteiger partial charge on any atom is 0.308 e. The van der Waals surface area contributed by atoms with Crippen molar-refractivity contribution in [1.82, 2.24) is 0 Å². The molecule has 0 aromatic heterocycles. The zero-order chi connectivity index (χ0) is 15.2. The summed E-state index contributed by atoms with van der Waals surface area (Å²) in [5.41, 5.74) is 0.676. The zero-order valence-corrected chi connectivity index (χ0v) is 12.1. The van der Waals surface area contributed by atoms with E-state index >= 15 is 0 Å². The fraction of sp³-hybridized carbons (Fsp3) is 0.500. The standard InChI is InChI=1S/C16H19FN2O2/c1-2-21-16(20)12-4-3-5-13(9-12)19-15-7-6-11(10-18)8-14(15)17/h6-8,12-13,19H,2-5,9H2,1H3. The number of hydrogen-bond donors (Lipinski definition) is 1. The van der Waals surface area contributed by atoms with Crippen molar-refractivity contribution in [3.8, 4) is 6.07 Å². The van der Waals surface area contributed by atoms with Crippen molar-refractivity contribution in [2.75, 3.05) is 11.9 Å². The van der Waals surface area contributed by atoms with Gasteiger partial charge in [-0.15, -0.1) is 0 Å². The molecule has 0 heterocycles. The van der Waals surface area contributed by atoms with E-state index in [0.717, 1.165) is 19.3 Å². The predicted molar refractivity (Wildman–Crippen MR) is 77.1 cm³/mol. The Morgan fingerprint density at radius 3 is 3.00 bits per heavy atom. The van der Waals surface area contributed by atoms with E-state index in [1.165, 1.54) is 6.07 Å². The summed E-state index contributed by atoms with van der Waals surface area (Å²) in [4.78, 5) is 11.8. The molecule has 1 aliphatic rings. The second kappa shape index (κ2) is 7.07. The summed E-state index contributed by atoms with van der Waals surface area (Å²) in [7, 11) is 0. The van der Waals surface area contributed by atoms with Gasteiger partial charge in [-0.2, -0.15) is 5.26 Å². The van der Waals surface area contributed by atoms with Gasteiger partial charge in [0.2, 0.25) is 0 Å². The van der Waals surface area contributed by atoms with E-state index in [1.807, 2.05) is 6.07 Å². The number of benzene rings is 1. The molecular weight excluding hydrogens is 271 g/mol. The molecular formula is C16H19FN2O2. The summed E-state index contributed by atoms with van der Waals surface area (Å²) in [6.45, 7) is 2.18. The van der Waals surface area contributed by atoms with Gasteiger partial charge in [0.05, 0.1) is 29.8 Å². The largest absolute Gasteiger partial charge is 0.466 e. The zero-order valence-electron chi connectivity index (χ0n) is 12.1. The highest BCUT2D eigenvalue weighted by Gasteiger charge is 2.28. The Labute approximate surface area is 123 Å². The van der Waals surface area contributed by atoms with Crippen LogP contribution in [0.25, 0.3) is 0 Å². The maximum atomic E-state index is 13.9. The number of rotatable bonds is 4. The number of nitrogens with zero attached hydrogens (tertiary/aromatic N) is 1. The van der Waals surface area contributed by atoms with Crippen LogP contribution in [-0.2, 0) is 9.53 Å². The van der Waals surface area contributed by atoms with E-state index in [2.05, 4.69) is 5.32 Å². The van der Waals surface area contributed by atoms with Crippen LogP contribution in [0.15, 0.2) is 18.2 Å². The summed E-state index contributed by atoms with van der Waals surface area (Å²) in [6, 6.07) is 6.33. The van der Waals surface area contributed by atoms with Crippen molar-refractivity contribution in [2.45, 2.75) is 38.6 Å². The van der Waals surface area contributed by atoms with Crippen LogP contribution >= 0.6 is 0 Å². The third kappa shape index (κ3) is 3.94. The number of anilines is 1. The number of carbonyl (C=O) groups excluding carboxylic acids is 1. The lowest BCUT2D eigenvalue weighted by atomic mass is 9.85. The molecule has 1 aromatic rings. The Morgan fingerprint density at radius 1 is 1.52 bits per heavy atom. The fourth-order valence-corrected chi connectivity index (χ4v) is 2.72. The van der Waals surface area contributed by atoms with Crippen molar-refractivity contribution >= 4 is 11.7 Å². The molecule has 0 spiro atoms. The molecule has 1 saturated carbocycles. The molecule has 1 fully saturated rings. The first-order valence-corrected chi connectivity index (χ1v) is 7.26. The highest BCUT2D eigenvalue weighted by Crippen LogP contribution is 2.28. The SMILES string of the molecule is CCOC(=O)C1CCCC(Nc2ccc(C#N)cc2F)C1. The van der Waals surface area contributed by atoms with Crippen LogP contribution in [-0.4, -0.2) is 18.6 Å². The molecule has 1 aliphatic carbocycles. The van der Waals surface area contributed by atoms with Gasteiger partial charge in [-0.05, 0) is 44.4 Å². The first-order valence-electron chi connectivity index (χ1n) is 7.26. The van der Waals surface area contributed by atoms with Crippen molar-refractivity contribution in [2.24, 2.45) is 5.92 Å². The molecule has 4 nitrogen and oxygen atoms in total. The van der Waals surface area contributed by atoms with Crippen LogP contribution in [0.1, 0.15) is 38.2 Å². The lowest BCUT2D eigenvalue weighted by Crippen LogP contribution is -2.32. The van der Waals surface area contributed by atoms with Gasteiger partial charge in [-0.25, -0.2) is 4.39 Å². The topological polar surface area (TPSA) is 62.1 Å². The Bertz CT molecular complexity index is 554. The first-order chi connectivity index (χ1) is 10.1. The molecule has 0 saturated heterocycles. The molecule has 2 atom stereocenters. The highest BCUT2D eigenvalue weighted by atomic mass is 19.1. The normalized spacial score (nSPS) is 21.4. The molecule has 0 amide bonds. The quantitative estimate of drug-likeness (QED) is 0.865. The molecule has 1 N–H and O–H groups in total. The molecule has 2 unspecified atom stereocenters. The number of carbonyl (C=O) groups is 1. The second-order valence-electron chi connectivity index (χ2n) is 5.26. The van der Waals surface area contributed by atoms with E-state index < -0.39 is 5.82 Å². The van der Waals surface area contributed by atoms with E-state index in [1.54, 1.807) is 19.1 Å². The number of halogens is 1. The van der Waals surface area contributed by atoms with E-state index in [-0.39, 0.29) is 17.9 Å². The van der Waals surface area contributed by atoms with Gasteiger partial charge in [-0.3, -0.25) is 4.79 Å². The summed E-state index contributed by atoms with van der Waals surface area (Å²) >= 11 is 0. The number of esters is 1. The van der Waals surface area contributed by atoms with Crippen LogP contribution in [0.5, 0.6) is 0 Å². The van der Waals surface area contributed by atoms with E-state index in [4.69, 9.17) is 10.00 Å². The van der Waals surface area contributed by atoms with Gasteiger partial charge in [0, 0.05) is 6.04 Å². The Hall–Kier alpha value is -2.09. The molecule has 0 radical (unpaired) electrons. The monoisotopic (exact) mass is 290 g/mol. The predicted octanol–water partition coefficient (Wildman–Crippen LogP) is 3.23. The molecule has 112 valence electrons. The number of nitrogens with one attached hydrogen (secondary N) is 1. The third-order valence-electron chi connectivity index (χ3n) is 3.75. The summed E-state index contributed by atoms with van der Waals surface area (Å²) in [5, 5.41) is 11.9. The lowest BCUT2D eigenvalue weighted by molar-refractivity contribution is -0.149. The molecule has 2 rings (SSSR count). The van der Waals surface area contributed by atoms with Gasteiger partial charge in [0.1, 0.15) is 5.82 Å². The average Bonchev–Trinajstić information content (AvgIpc) is 2.50. The second-order valence-corrected chi connectivity index (χ2v) is 5.26. The molecule has 1 aromatic carbocycles. The van der Waals surface area contributed by atoms with Crippen LogP contribution in [0.2, 0.25) is 0 Å². The fourth-order valence-electron chi connectivity index (χ4n) is 2.72. The minimum Gasteiger partial charge on any atom is -0.466 e. The van der Waals surface area contributed by atoms with Gasteiger partial charge in [0.25, 0.3) is 0 Å². The maximum absolute atomic E-state index is 13.9. The lowest BCUT2D eigenvalue weighted by Gasteiger charge is -2.29. The minimum atomic E-state index is -0.438. The van der Waals surface area contributed by atoms with Crippen molar-refractivity contribution in [1.29, 1.82) is 5.26 Å². The average molecular weight is 290 g/mol. The van der Waals surface area contributed by atoms with Gasteiger partial charge < -0.3 is 10.1 Å². The van der Waals surface area contributed by atoms with Gasteiger partial charge in [0.15, 0.2) is 0 Å². The minimum absolute atomic E-state index is 0.0515. The van der Waals surface area contributed by atoms with Crippen LogP contribution in [0.3, 0.4) is 0 Å². The van der Waals surface area contributed by atoms with Crippen molar-refractivity contribution < 1.29 is 13.9 Å². The smallest absolute Gasteiger partial charge is 0.308 e. The Morgan fingerprint density at radius 2 is 2.33 bits per heavy atom.